The van der Waals surface area contributed by atoms with E-state index in [-0.39, 0.29) is 11.4 Å². The molecule has 5 rings (SSSR count). The van der Waals surface area contributed by atoms with E-state index >= 15 is 0 Å². The lowest BCUT2D eigenvalue weighted by atomic mass is 9.88. The van der Waals surface area contributed by atoms with Crippen molar-refractivity contribution in [3.8, 4) is 0 Å². The van der Waals surface area contributed by atoms with Gasteiger partial charge in [0.2, 0.25) is 0 Å². The molecule has 3 amide bonds. The van der Waals surface area contributed by atoms with Crippen molar-refractivity contribution in [1.29, 1.82) is 0 Å². The highest BCUT2D eigenvalue weighted by Gasteiger charge is 2.51. The number of fused-ring (bicyclic) bond motifs is 2. The number of hydrogen-bond acceptors (Lipinski definition) is 6. The Kier molecular flexibility index (Phi) is 4.55. The lowest BCUT2D eigenvalue weighted by Gasteiger charge is -2.21. The largest absolute Gasteiger partial charge is 0.478 e. The number of nitrogens with zero attached hydrogens (tertiary/aromatic N) is 2. The Morgan fingerprint density at radius 2 is 1.12 bits per heavy atom. The first-order valence-corrected chi connectivity index (χ1v) is 9.96. The Hall–Kier alpha value is -4.83. The predicted molar refractivity (Wildman–Crippen MR) is 116 cm³/mol. The third kappa shape index (κ3) is 2.69. The number of rotatable bonds is 4. The fourth-order valence-corrected chi connectivity index (χ4v) is 4.45. The molecule has 168 valence electrons. The maximum atomic E-state index is 13.3. The number of imide groups is 1. The third-order valence-electron chi connectivity index (χ3n) is 5.78. The van der Waals surface area contributed by atoms with Gasteiger partial charge in [-0.2, -0.15) is 0 Å². The van der Waals surface area contributed by atoms with E-state index in [0.717, 1.165) is 4.90 Å². The zero-order chi connectivity index (χ0) is 24.3. The van der Waals surface area contributed by atoms with Gasteiger partial charge in [-0.25, -0.2) is 14.5 Å². The summed E-state index contributed by atoms with van der Waals surface area (Å²) in [5, 5.41) is 31.0. The number of hydrogen-bond donors (Lipinski definition) is 3. The first kappa shape index (κ1) is 21.0. The van der Waals surface area contributed by atoms with Crippen molar-refractivity contribution >= 4 is 41.0 Å². The smallest absolute Gasteiger partial charge is 0.337 e. The molecule has 10 nitrogen and oxygen atoms in total. The normalized spacial score (nSPS) is 16.6. The molecular weight excluding hydrogens is 444 g/mol. The second-order valence-corrected chi connectivity index (χ2v) is 7.56. The zero-order valence-electron chi connectivity index (χ0n) is 17.1. The minimum Gasteiger partial charge on any atom is -0.478 e. The summed E-state index contributed by atoms with van der Waals surface area (Å²) in [5.74, 6) is -6.55. The van der Waals surface area contributed by atoms with Crippen LogP contribution in [0.15, 0.2) is 60.7 Å². The van der Waals surface area contributed by atoms with Crippen LogP contribution in [0.5, 0.6) is 0 Å². The molecule has 0 bridgehead atoms. The first-order valence-electron chi connectivity index (χ1n) is 9.96. The molecule has 0 saturated heterocycles. The minimum absolute atomic E-state index is 0.0966. The van der Waals surface area contributed by atoms with Crippen molar-refractivity contribution in [1.82, 2.24) is 0 Å². The van der Waals surface area contributed by atoms with Gasteiger partial charge in [0.05, 0.1) is 33.5 Å². The molecule has 3 aromatic rings. The number of anilines is 2. The molecule has 0 aliphatic carbocycles. The van der Waals surface area contributed by atoms with Crippen molar-refractivity contribution in [3.63, 3.8) is 0 Å². The highest BCUT2D eigenvalue weighted by Crippen LogP contribution is 2.45. The van der Waals surface area contributed by atoms with Crippen LogP contribution in [0.25, 0.3) is 0 Å². The number of aromatic carboxylic acids is 2. The van der Waals surface area contributed by atoms with Crippen LogP contribution in [0.2, 0.25) is 0 Å². The zero-order valence-corrected chi connectivity index (χ0v) is 17.1. The van der Waals surface area contributed by atoms with Crippen LogP contribution in [-0.2, 0) is 0 Å². The third-order valence-corrected chi connectivity index (χ3v) is 5.78. The number of carboxylic acids is 2. The maximum Gasteiger partial charge on any atom is 0.337 e. The molecule has 0 radical (unpaired) electrons. The van der Waals surface area contributed by atoms with Crippen LogP contribution in [0.3, 0.4) is 0 Å². The van der Waals surface area contributed by atoms with Gasteiger partial charge in [0.25, 0.3) is 17.7 Å². The van der Waals surface area contributed by atoms with Crippen LogP contribution in [0.4, 0.5) is 11.4 Å². The molecule has 10 heteroatoms. The van der Waals surface area contributed by atoms with E-state index in [2.05, 4.69) is 0 Å². The summed E-state index contributed by atoms with van der Waals surface area (Å²) in [6.45, 7) is 0. The Morgan fingerprint density at radius 1 is 0.647 bits per heavy atom. The van der Waals surface area contributed by atoms with Gasteiger partial charge in [-0.3, -0.25) is 19.3 Å². The summed E-state index contributed by atoms with van der Waals surface area (Å²) in [5.41, 5.74) is -3.91. The predicted octanol–water partition coefficient (Wildman–Crippen LogP) is 2.53. The molecule has 0 spiro atoms. The van der Waals surface area contributed by atoms with Crippen LogP contribution in [0.1, 0.15) is 63.6 Å². The summed E-state index contributed by atoms with van der Waals surface area (Å²) in [6.07, 6.45) is -1.90. The summed E-state index contributed by atoms with van der Waals surface area (Å²) >= 11 is 0. The molecule has 2 heterocycles. The lowest BCUT2D eigenvalue weighted by molar-refractivity contribution is 0.0673. The molecule has 3 N–H and O–H groups in total. The quantitative estimate of drug-likeness (QED) is 0.504. The van der Waals surface area contributed by atoms with Crippen molar-refractivity contribution in [2.45, 2.75) is 6.23 Å². The van der Waals surface area contributed by atoms with Crippen LogP contribution in [-0.4, -0.2) is 45.0 Å². The highest BCUT2D eigenvalue weighted by molar-refractivity contribution is 6.39. The van der Waals surface area contributed by atoms with E-state index in [1.807, 2.05) is 0 Å². The Balaban J connectivity index is 1.84. The molecule has 1 atom stereocenters. The van der Waals surface area contributed by atoms with Crippen molar-refractivity contribution in [2.24, 2.45) is 0 Å². The van der Waals surface area contributed by atoms with Gasteiger partial charge in [0.15, 0.2) is 6.23 Å². The maximum absolute atomic E-state index is 13.3. The van der Waals surface area contributed by atoms with Crippen molar-refractivity contribution in [2.75, 3.05) is 9.80 Å². The summed E-state index contributed by atoms with van der Waals surface area (Å²) in [7, 11) is 0. The fraction of sp³-hybridized carbons (Fsp3) is 0.0417. The van der Waals surface area contributed by atoms with Gasteiger partial charge in [-0.1, -0.05) is 36.4 Å². The van der Waals surface area contributed by atoms with E-state index < -0.39 is 69.3 Å². The first-order chi connectivity index (χ1) is 16.3. The average Bonchev–Trinajstić information content (AvgIpc) is 3.23. The van der Waals surface area contributed by atoms with Gasteiger partial charge in [-0.05, 0) is 24.3 Å². The number of amides is 3. The molecular formula is C24H14N2O8. The van der Waals surface area contributed by atoms with E-state index in [1.54, 1.807) is 36.4 Å². The second kappa shape index (κ2) is 7.36. The van der Waals surface area contributed by atoms with Gasteiger partial charge in [0, 0.05) is 11.3 Å². The van der Waals surface area contributed by atoms with Gasteiger partial charge in [0.1, 0.15) is 0 Å². The van der Waals surface area contributed by atoms with Crippen molar-refractivity contribution in [3.05, 3.63) is 94.0 Å². The molecule has 34 heavy (non-hydrogen) atoms. The van der Waals surface area contributed by atoms with Crippen LogP contribution in [0, 0.1) is 0 Å². The summed E-state index contributed by atoms with van der Waals surface area (Å²) in [4.78, 5) is 66.1. The van der Waals surface area contributed by atoms with Crippen molar-refractivity contribution < 1.29 is 39.3 Å². The molecule has 1 unspecified atom stereocenters. The van der Waals surface area contributed by atoms with E-state index in [0.29, 0.717) is 4.90 Å². The number of carbonyl (C=O) groups is 5. The number of carboxylic acid groups (broad SMARTS) is 2. The van der Waals surface area contributed by atoms with E-state index in [1.165, 1.54) is 24.3 Å². The topological polar surface area (TPSA) is 153 Å². The SMILES string of the molecule is O=C(O)c1c2c(c(C(=O)O)c3c1C(=O)N(c1ccccc1)C3O)C(=O)N(c1ccccc1)C2=O. The Morgan fingerprint density at radius 3 is 1.62 bits per heavy atom. The molecule has 0 fully saturated rings. The minimum atomic E-state index is -1.90. The lowest BCUT2D eigenvalue weighted by Crippen LogP contribution is -2.31. The summed E-state index contributed by atoms with van der Waals surface area (Å²) in [6, 6.07) is 15.3. The van der Waals surface area contributed by atoms with Crippen LogP contribution >= 0.6 is 0 Å². The van der Waals surface area contributed by atoms with E-state index in [4.69, 9.17) is 0 Å². The van der Waals surface area contributed by atoms with Gasteiger partial charge >= 0.3 is 11.9 Å². The molecule has 0 saturated carbocycles. The molecule has 0 aromatic heterocycles. The van der Waals surface area contributed by atoms with Gasteiger partial charge in [-0.15, -0.1) is 0 Å². The summed E-state index contributed by atoms with van der Waals surface area (Å²) < 4.78 is 0. The number of carbonyl (C=O) groups excluding carboxylic acids is 3. The molecule has 2 aliphatic heterocycles. The Bertz CT molecular complexity index is 1430. The second-order valence-electron chi connectivity index (χ2n) is 7.56. The van der Waals surface area contributed by atoms with Crippen LogP contribution < -0.4 is 9.80 Å². The Labute approximate surface area is 190 Å². The molecule has 3 aromatic carbocycles. The van der Waals surface area contributed by atoms with Gasteiger partial charge < -0.3 is 15.3 Å². The highest BCUT2D eigenvalue weighted by atomic mass is 16.4. The molecule has 2 aliphatic rings. The number of benzene rings is 3. The number of aliphatic hydroxyl groups excluding tert-OH is 1. The number of para-hydroxylation sites is 2. The average molecular weight is 458 g/mol. The standard InChI is InChI=1S/C24H14N2O8/c27-19-13-14(20(28)25(19)11-7-3-1-4-8-11)18(24(33)34)16-15(17(13)23(31)32)21(29)26(22(16)30)12-9-5-2-6-10-12/h1-10,19,27H,(H,31,32)(H,33,34). The number of aliphatic hydroxyl groups is 1. The monoisotopic (exact) mass is 458 g/mol. The fourth-order valence-electron chi connectivity index (χ4n) is 4.45. The van der Waals surface area contributed by atoms with E-state index in [9.17, 15) is 39.3 Å².